The number of carboxylic acids is 1. The number of methoxy groups -OCH3 is 2. The highest BCUT2D eigenvalue weighted by Gasteiger charge is 2.28. The molecule has 3 aromatic carbocycles. The number of hydrogen-bond acceptors (Lipinski definition) is 6. The van der Waals surface area contributed by atoms with E-state index in [1.54, 1.807) is 52.3 Å². The molecular formula is C28H31NO7S. The van der Waals surface area contributed by atoms with Crippen LogP contribution in [0, 0.1) is 5.92 Å². The van der Waals surface area contributed by atoms with Crippen molar-refractivity contribution in [3.05, 3.63) is 77.9 Å². The first kappa shape index (κ1) is 27.9. The molecule has 196 valence electrons. The molecule has 0 unspecified atom stereocenters. The summed E-state index contributed by atoms with van der Waals surface area (Å²) in [5.74, 6) is -0.388. The molecule has 0 heterocycles. The van der Waals surface area contributed by atoms with Crippen LogP contribution in [0.25, 0.3) is 11.1 Å². The van der Waals surface area contributed by atoms with Crippen LogP contribution >= 0.6 is 0 Å². The molecule has 0 bridgehead atoms. The summed E-state index contributed by atoms with van der Waals surface area (Å²) in [6, 6.07) is 17.9. The average molecular weight is 526 g/mol. The van der Waals surface area contributed by atoms with Crippen molar-refractivity contribution in [3.63, 3.8) is 0 Å². The van der Waals surface area contributed by atoms with E-state index in [1.165, 1.54) is 12.1 Å². The Labute approximate surface area is 217 Å². The summed E-state index contributed by atoms with van der Waals surface area (Å²) in [4.78, 5) is 24.0. The Morgan fingerprint density at radius 1 is 0.811 bits per heavy atom. The van der Waals surface area contributed by atoms with E-state index in [1.807, 2.05) is 30.3 Å². The van der Waals surface area contributed by atoms with Gasteiger partial charge in [0.25, 0.3) is 0 Å². The first-order valence-electron chi connectivity index (χ1n) is 11.7. The maximum absolute atomic E-state index is 12.6. The predicted octanol–water partition coefficient (Wildman–Crippen LogP) is 4.11. The van der Waals surface area contributed by atoms with Crippen LogP contribution in [0.15, 0.2) is 71.6 Å². The molecule has 0 aromatic heterocycles. The van der Waals surface area contributed by atoms with Crippen LogP contribution in [0.3, 0.4) is 0 Å². The Morgan fingerprint density at radius 3 is 1.84 bits per heavy atom. The molecule has 8 nitrogen and oxygen atoms in total. The van der Waals surface area contributed by atoms with Crippen LogP contribution in [-0.2, 0) is 32.5 Å². The van der Waals surface area contributed by atoms with E-state index < -0.39 is 28.0 Å². The van der Waals surface area contributed by atoms with Crippen LogP contribution < -0.4 is 14.2 Å². The number of carbonyl (C=O) groups is 2. The van der Waals surface area contributed by atoms with Gasteiger partial charge in [0, 0.05) is 12.8 Å². The second kappa shape index (κ2) is 12.0. The normalized spacial score (nSPS) is 12.2. The lowest BCUT2D eigenvalue weighted by molar-refractivity contribution is -0.140. The monoisotopic (exact) mass is 525 g/mol. The van der Waals surface area contributed by atoms with Crippen LogP contribution in [0.4, 0.5) is 0 Å². The van der Waals surface area contributed by atoms with Gasteiger partial charge in [-0.3, -0.25) is 9.59 Å². The van der Waals surface area contributed by atoms with Crippen LogP contribution in [-0.4, -0.2) is 45.5 Å². The number of ketones is 1. The smallest absolute Gasteiger partial charge is 0.322 e. The number of nitrogens with one attached hydrogen (secondary N) is 1. The molecule has 0 fully saturated rings. The van der Waals surface area contributed by atoms with Gasteiger partial charge in [0.15, 0.2) is 11.5 Å². The molecule has 0 amide bonds. The fourth-order valence-electron chi connectivity index (χ4n) is 3.86. The number of Topliss-reactive ketones (excluding diaryl/α,β-unsaturated/α-hetero) is 1. The van der Waals surface area contributed by atoms with Gasteiger partial charge in [-0.25, -0.2) is 8.42 Å². The van der Waals surface area contributed by atoms with Crippen LogP contribution in [0.5, 0.6) is 11.5 Å². The zero-order valence-corrected chi connectivity index (χ0v) is 22.0. The van der Waals surface area contributed by atoms with Gasteiger partial charge in [0.2, 0.25) is 10.0 Å². The van der Waals surface area contributed by atoms with Gasteiger partial charge < -0.3 is 14.6 Å². The standard InChI is InChI=1S/C28H31NO7S/c1-18(2)27(28(31)32)29-37(33,34)24-12-10-22(11-13-24)21-8-5-19(6-9-21)15-23(30)16-20-7-14-25(35-3)26(17-20)36-4/h5-14,17-18,27,29H,15-16H2,1-4H3,(H,31,32)/t27-/m0/s1. The molecule has 0 aliphatic heterocycles. The predicted molar refractivity (Wildman–Crippen MR) is 140 cm³/mol. The number of carbonyl (C=O) groups excluding carboxylic acids is 1. The molecule has 37 heavy (non-hydrogen) atoms. The molecule has 9 heteroatoms. The van der Waals surface area contributed by atoms with Gasteiger partial charge in [0.1, 0.15) is 11.8 Å². The highest BCUT2D eigenvalue weighted by Crippen LogP contribution is 2.28. The molecule has 3 aromatic rings. The molecule has 0 aliphatic rings. The number of aliphatic carboxylic acids is 1. The maximum atomic E-state index is 12.6. The van der Waals surface area contributed by atoms with E-state index in [0.29, 0.717) is 11.5 Å². The Morgan fingerprint density at radius 2 is 1.32 bits per heavy atom. The van der Waals surface area contributed by atoms with Crippen molar-refractivity contribution in [3.8, 4) is 22.6 Å². The summed E-state index contributed by atoms with van der Waals surface area (Å²) in [7, 11) is -0.875. The van der Waals surface area contributed by atoms with Crippen molar-refractivity contribution < 1.29 is 32.6 Å². The van der Waals surface area contributed by atoms with Crippen LogP contribution in [0.2, 0.25) is 0 Å². The quantitative estimate of drug-likeness (QED) is 0.365. The number of rotatable bonds is 12. The lowest BCUT2D eigenvalue weighted by Gasteiger charge is -2.18. The highest BCUT2D eigenvalue weighted by atomic mass is 32.2. The molecule has 0 spiro atoms. The molecule has 0 saturated heterocycles. The summed E-state index contributed by atoms with van der Waals surface area (Å²) in [5.41, 5.74) is 3.36. The summed E-state index contributed by atoms with van der Waals surface area (Å²) in [6.45, 7) is 3.27. The Kier molecular flexibility index (Phi) is 9.07. The fourth-order valence-corrected chi connectivity index (χ4v) is 5.19. The fraction of sp³-hybridized carbons (Fsp3) is 0.286. The van der Waals surface area contributed by atoms with Gasteiger partial charge in [-0.1, -0.05) is 56.3 Å². The van der Waals surface area contributed by atoms with Crippen molar-refractivity contribution in [2.45, 2.75) is 37.6 Å². The molecule has 3 rings (SSSR count). The molecule has 2 N–H and O–H groups in total. The SMILES string of the molecule is COc1ccc(CC(=O)Cc2ccc(-c3ccc(S(=O)(=O)N[C@H](C(=O)O)C(C)C)cc3)cc2)cc1OC. The van der Waals surface area contributed by atoms with Crippen molar-refractivity contribution in [1.29, 1.82) is 0 Å². The van der Waals surface area contributed by atoms with E-state index >= 15 is 0 Å². The molecular weight excluding hydrogens is 494 g/mol. The van der Waals surface area contributed by atoms with Gasteiger partial charge in [-0.05, 0) is 52.4 Å². The zero-order valence-electron chi connectivity index (χ0n) is 21.2. The summed E-state index contributed by atoms with van der Waals surface area (Å²) in [5, 5.41) is 9.28. The van der Waals surface area contributed by atoms with E-state index in [4.69, 9.17) is 9.47 Å². The number of carboxylic acid groups (broad SMARTS) is 1. The third kappa shape index (κ3) is 7.18. The van der Waals surface area contributed by atoms with Crippen molar-refractivity contribution in [2.75, 3.05) is 14.2 Å². The highest BCUT2D eigenvalue weighted by molar-refractivity contribution is 7.89. The lowest BCUT2D eigenvalue weighted by Crippen LogP contribution is -2.44. The first-order valence-corrected chi connectivity index (χ1v) is 13.2. The van der Waals surface area contributed by atoms with Gasteiger partial charge in [-0.2, -0.15) is 4.72 Å². The number of benzene rings is 3. The Hall–Kier alpha value is -3.69. The summed E-state index contributed by atoms with van der Waals surface area (Å²) in [6.07, 6.45) is 0.545. The topological polar surface area (TPSA) is 119 Å². The number of sulfonamides is 1. The van der Waals surface area contributed by atoms with E-state index in [2.05, 4.69) is 4.72 Å². The molecule has 0 aliphatic carbocycles. The van der Waals surface area contributed by atoms with Crippen LogP contribution in [0.1, 0.15) is 25.0 Å². The van der Waals surface area contributed by atoms with Gasteiger partial charge in [-0.15, -0.1) is 0 Å². The second-order valence-electron chi connectivity index (χ2n) is 8.98. The zero-order chi connectivity index (χ0) is 27.2. The minimum absolute atomic E-state index is 0.0134. The minimum Gasteiger partial charge on any atom is -0.493 e. The van der Waals surface area contributed by atoms with Crippen molar-refractivity contribution in [1.82, 2.24) is 4.72 Å². The average Bonchev–Trinajstić information content (AvgIpc) is 2.87. The molecule has 0 radical (unpaired) electrons. The number of hydrogen-bond donors (Lipinski definition) is 2. The largest absolute Gasteiger partial charge is 0.493 e. The number of ether oxygens (including phenoxy) is 2. The summed E-state index contributed by atoms with van der Waals surface area (Å²) < 4.78 is 38.0. The molecule has 1 atom stereocenters. The van der Waals surface area contributed by atoms with E-state index in [9.17, 15) is 23.1 Å². The minimum atomic E-state index is -3.99. The third-order valence-electron chi connectivity index (χ3n) is 5.92. The second-order valence-corrected chi connectivity index (χ2v) is 10.7. The Balaban J connectivity index is 1.66. The van der Waals surface area contributed by atoms with Gasteiger partial charge >= 0.3 is 5.97 Å². The molecule has 0 saturated carbocycles. The van der Waals surface area contributed by atoms with Crippen molar-refractivity contribution >= 4 is 21.8 Å². The van der Waals surface area contributed by atoms with Gasteiger partial charge in [0.05, 0.1) is 19.1 Å². The maximum Gasteiger partial charge on any atom is 0.322 e. The van der Waals surface area contributed by atoms with E-state index in [-0.39, 0.29) is 23.5 Å². The third-order valence-corrected chi connectivity index (χ3v) is 7.37. The van der Waals surface area contributed by atoms with Crippen molar-refractivity contribution in [2.24, 2.45) is 5.92 Å². The van der Waals surface area contributed by atoms with E-state index in [0.717, 1.165) is 22.3 Å². The first-order chi connectivity index (χ1) is 17.5. The lowest BCUT2D eigenvalue weighted by atomic mass is 9.99. The summed E-state index contributed by atoms with van der Waals surface area (Å²) >= 11 is 0. The Bertz CT molecular complexity index is 1350.